The molecule has 4 heteroatoms. The first-order chi connectivity index (χ1) is 19.7. The van der Waals surface area contributed by atoms with Gasteiger partial charge in [-0.25, -0.2) is 4.98 Å². The fourth-order valence-electron chi connectivity index (χ4n) is 5.76. The molecule has 0 amide bonds. The molecule has 1 aliphatic heterocycles. The number of piperidine rings is 1. The topological polar surface area (TPSA) is 28.6 Å². The number of para-hydroxylation sites is 2. The summed E-state index contributed by atoms with van der Waals surface area (Å²) in [4.78, 5) is 14.3. The Bertz CT molecular complexity index is 1500. The number of rotatable bonds is 9. The zero-order valence-electron chi connectivity index (χ0n) is 23.2. The fraction of sp³-hybridized carbons (Fsp3) is 0.250. The molecule has 1 fully saturated rings. The first-order valence-corrected chi connectivity index (χ1v) is 14.5. The molecule has 4 nitrogen and oxygen atoms in total. The van der Waals surface area contributed by atoms with Gasteiger partial charge in [0.15, 0.2) is 0 Å². The summed E-state index contributed by atoms with van der Waals surface area (Å²) >= 11 is 0. The average molecular weight is 528 g/mol. The molecule has 2 heterocycles. The third-order valence-corrected chi connectivity index (χ3v) is 8.06. The molecule has 5 aromatic rings. The molecule has 1 aromatic heterocycles. The molecule has 0 N–H and O–H groups in total. The van der Waals surface area contributed by atoms with E-state index in [4.69, 9.17) is 9.82 Å². The first-order valence-electron chi connectivity index (χ1n) is 14.5. The highest BCUT2D eigenvalue weighted by Crippen LogP contribution is 2.33. The second-order valence-electron chi connectivity index (χ2n) is 10.7. The normalized spacial score (nSPS) is 15.2. The van der Waals surface area contributed by atoms with E-state index in [1.807, 2.05) is 0 Å². The smallest absolute Gasteiger partial charge is 0.0881 e. The summed E-state index contributed by atoms with van der Waals surface area (Å²) in [7, 11) is 0. The van der Waals surface area contributed by atoms with Crippen molar-refractivity contribution in [3.63, 3.8) is 0 Å². The lowest BCUT2D eigenvalue weighted by Gasteiger charge is -2.38. The van der Waals surface area contributed by atoms with E-state index < -0.39 is 0 Å². The number of nitrogens with zero attached hydrogens (tertiary/aromatic N) is 3. The Morgan fingerprint density at radius 1 is 0.800 bits per heavy atom. The molecule has 1 saturated heterocycles. The molecule has 0 bridgehead atoms. The van der Waals surface area contributed by atoms with E-state index in [-0.39, 0.29) is 6.10 Å². The monoisotopic (exact) mass is 527 g/mol. The third-order valence-electron chi connectivity index (χ3n) is 8.06. The minimum absolute atomic E-state index is 0.202. The van der Waals surface area contributed by atoms with Gasteiger partial charge in [-0.2, -0.15) is 0 Å². The van der Waals surface area contributed by atoms with Gasteiger partial charge in [-0.15, -0.1) is 0 Å². The van der Waals surface area contributed by atoms with Crippen LogP contribution in [0.2, 0.25) is 0 Å². The molecule has 1 atom stereocenters. The van der Waals surface area contributed by atoms with Gasteiger partial charge < -0.3 is 0 Å². The number of pyridine rings is 1. The van der Waals surface area contributed by atoms with Gasteiger partial charge in [0.1, 0.15) is 0 Å². The van der Waals surface area contributed by atoms with Crippen molar-refractivity contribution in [3.05, 3.63) is 132 Å². The fourth-order valence-corrected chi connectivity index (χ4v) is 5.76. The van der Waals surface area contributed by atoms with Gasteiger partial charge in [-0.3, -0.25) is 14.8 Å². The van der Waals surface area contributed by atoms with Crippen LogP contribution in [0.25, 0.3) is 22.2 Å². The lowest BCUT2D eigenvalue weighted by atomic mass is 9.96. The Balaban J connectivity index is 1.16. The highest BCUT2D eigenvalue weighted by Gasteiger charge is 2.27. The standard InChI is InChI=1S/C36H37N3O/c1-28(34-27-36(30-15-7-3-8-16-30)37-35-20-12-11-19-33(34)35)38-24-22-32(23-25-38)40-39(31-17-9-4-10-18-31)26-21-29-13-5-2-6-14-29/h2-20,27-28,32H,21-26H2,1H3. The molecule has 0 spiro atoms. The lowest BCUT2D eigenvalue weighted by molar-refractivity contribution is -0.0144. The summed E-state index contributed by atoms with van der Waals surface area (Å²) in [5.41, 5.74) is 7.04. The quantitative estimate of drug-likeness (QED) is 0.181. The molecular weight excluding hydrogens is 490 g/mol. The number of hydrogen-bond donors (Lipinski definition) is 0. The van der Waals surface area contributed by atoms with E-state index in [0.717, 1.165) is 61.4 Å². The number of anilines is 1. The first kappa shape index (κ1) is 26.2. The molecule has 1 unspecified atom stereocenters. The van der Waals surface area contributed by atoms with Crippen LogP contribution >= 0.6 is 0 Å². The van der Waals surface area contributed by atoms with Crippen molar-refractivity contribution in [3.8, 4) is 11.3 Å². The van der Waals surface area contributed by atoms with E-state index in [2.05, 4.69) is 138 Å². The van der Waals surface area contributed by atoms with Crippen LogP contribution in [-0.2, 0) is 11.3 Å². The van der Waals surface area contributed by atoms with Crippen LogP contribution in [-0.4, -0.2) is 35.6 Å². The maximum atomic E-state index is 6.68. The Morgan fingerprint density at radius 2 is 1.43 bits per heavy atom. The molecule has 0 aliphatic carbocycles. The van der Waals surface area contributed by atoms with Crippen molar-refractivity contribution >= 4 is 16.6 Å². The number of hydroxylamine groups is 1. The maximum absolute atomic E-state index is 6.68. The highest BCUT2D eigenvalue weighted by atomic mass is 16.7. The van der Waals surface area contributed by atoms with Crippen LogP contribution in [0.1, 0.15) is 36.9 Å². The van der Waals surface area contributed by atoms with Gasteiger partial charge in [0.2, 0.25) is 0 Å². The van der Waals surface area contributed by atoms with Crippen LogP contribution in [0.3, 0.4) is 0 Å². The van der Waals surface area contributed by atoms with Crippen LogP contribution in [0.4, 0.5) is 5.69 Å². The summed E-state index contributed by atoms with van der Waals surface area (Å²) in [6, 6.07) is 42.8. The summed E-state index contributed by atoms with van der Waals surface area (Å²) in [5.74, 6) is 0. The molecule has 1 aliphatic rings. The van der Waals surface area contributed by atoms with Crippen LogP contribution in [0, 0.1) is 0 Å². The Hall–Kier alpha value is -3.99. The summed E-state index contributed by atoms with van der Waals surface area (Å²) in [6.45, 7) is 5.18. The van der Waals surface area contributed by atoms with Crippen molar-refractivity contribution in [2.75, 3.05) is 24.7 Å². The summed E-state index contributed by atoms with van der Waals surface area (Å²) in [6.07, 6.45) is 3.17. The van der Waals surface area contributed by atoms with Gasteiger partial charge in [-0.05, 0) is 61.6 Å². The average Bonchev–Trinajstić information content (AvgIpc) is 3.04. The molecule has 6 rings (SSSR count). The van der Waals surface area contributed by atoms with Crippen LogP contribution in [0.5, 0.6) is 0 Å². The number of likely N-dealkylation sites (tertiary alicyclic amines) is 1. The molecule has 0 radical (unpaired) electrons. The number of benzene rings is 4. The number of hydrogen-bond acceptors (Lipinski definition) is 4. The van der Waals surface area contributed by atoms with E-state index >= 15 is 0 Å². The van der Waals surface area contributed by atoms with Crippen LogP contribution < -0.4 is 5.06 Å². The zero-order valence-corrected chi connectivity index (χ0v) is 23.2. The van der Waals surface area contributed by atoms with Gasteiger partial charge in [0, 0.05) is 36.6 Å². The largest absolute Gasteiger partial charge is 0.296 e. The second kappa shape index (κ2) is 12.5. The third kappa shape index (κ3) is 6.09. The second-order valence-corrected chi connectivity index (χ2v) is 10.7. The van der Waals surface area contributed by atoms with E-state index in [9.17, 15) is 0 Å². The van der Waals surface area contributed by atoms with Crippen molar-refractivity contribution < 1.29 is 4.84 Å². The molecular formula is C36H37N3O. The van der Waals surface area contributed by atoms with Gasteiger partial charge in [0.05, 0.1) is 23.0 Å². The van der Waals surface area contributed by atoms with Crippen LogP contribution in [0.15, 0.2) is 121 Å². The van der Waals surface area contributed by atoms with Crippen molar-refractivity contribution in [1.29, 1.82) is 0 Å². The van der Waals surface area contributed by atoms with Gasteiger partial charge >= 0.3 is 0 Å². The van der Waals surface area contributed by atoms with Gasteiger partial charge in [-0.1, -0.05) is 97.1 Å². The van der Waals surface area contributed by atoms with Crippen molar-refractivity contribution in [1.82, 2.24) is 9.88 Å². The maximum Gasteiger partial charge on any atom is 0.0881 e. The SMILES string of the molecule is CC(c1cc(-c2ccccc2)nc2ccccc12)N1CCC(ON(CCc2ccccc2)c2ccccc2)CC1. The van der Waals surface area contributed by atoms with Crippen molar-refractivity contribution in [2.24, 2.45) is 0 Å². The Morgan fingerprint density at radius 3 is 2.15 bits per heavy atom. The lowest BCUT2D eigenvalue weighted by Crippen LogP contribution is -2.41. The molecule has 0 saturated carbocycles. The van der Waals surface area contributed by atoms with E-state index in [1.54, 1.807) is 0 Å². The highest BCUT2D eigenvalue weighted by molar-refractivity contribution is 5.85. The predicted molar refractivity (Wildman–Crippen MR) is 165 cm³/mol. The zero-order chi connectivity index (χ0) is 27.1. The minimum Gasteiger partial charge on any atom is -0.296 e. The van der Waals surface area contributed by atoms with Crippen molar-refractivity contribution in [2.45, 2.75) is 38.3 Å². The minimum atomic E-state index is 0.202. The Labute approximate surface area is 237 Å². The Kier molecular flexibility index (Phi) is 8.17. The molecule has 202 valence electrons. The summed E-state index contributed by atoms with van der Waals surface area (Å²) in [5, 5.41) is 3.35. The van der Waals surface area contributed by atoms with E-state index in [0.29, 0.717) is 6.04 Å². The van der Waals surface area contributed by atoms with Gasteiger partial charge in [0.25, 0.3) is 0 Å². The van der Waals surface area contributed by atoms with E-state index in [1.165, 1.54) is 16.5 Å². The number of aromatic nitrogens is 1. The summed E-state index contributed by atoms with van der Waals surface area (Å²) < 4.78 is 0. The predicted octanol–water partition coefficient (Wildman–Crippen LogP) is 8.11. The molecule has 40 heavy (non-hydrogen) atoms. The molecule has 4 aromatic carbocycles. The number of fused-ring (bicyclic) bond motifs is 1.